The van der Waals surface area contributed by atoms with E-state index in [1.165, 1.54) is 15.6 Å². The van der Waals surface area contributed by atoms with Crippen molar-refractivity contribution >= 4 is 37.5 Å². The van der Waals surface area contributed by atoms with Crippen LogP contribution in [-0.2, 0) is 16.6 Å². The lowest BCUT2D eigenvalue weighted by Crippen LogP contribution is -2.29. The Morgan fingerprint density at radius 3 is 2.87 bits per heavy atom. The molecule has 1 fully saturated rings. The Kier molecular flexibility index (Phi) is 5.41. The van der Waals surface area contributed by atoms with Gasteiger partial charge in [0, 0.05) is 43.3 Å². The predicted molar refractivity (Wildman–Crippen MR) is 116 cm³/mol. The van der Waals surface area contributed by atoms with Gasteiger partial charge in [0.15, 0.2) is 0 Å². The summed E-state index contributed by atoms with van der Waals surface area (Å²) in [5, 5.41) is 5.26. The second-order valence-electron chi connectivity index (χ2n) is 8.11. The van der Waals surface area contributed by atoms with Crippen LogP contribution in [-0.4, -0.2) is 46.5 Å². The molecule has 1 saturated heterocycles. The van der Waals surface area contributed by atoms with Gasteiger partial charge < -0.3 is 5.73 Å². The number of hydrogen-bond acceptors (Lipinski definition) is 6. The number of nitrogens with two attached hydrogens (primary N) is 1. The lowest BCUT2D eigenvalue weighted by Gasteiger charge is -2.16. The highest BCUT2D eigenvalue weighted by Gasteiger charge is 2.37. The van der Waals surface area contributed by atoms with Crippen LogP contribution in [0.4, 0.5) is 0 Å². The minimum Gasteiger partial charge on any atom is -0.365 e. The first kappa shape index (κ1) is 21.0. The van der Waals surface area contributed by atoms with Crippen molar-refractivity contribution in [1.29, 1.82) is 0 Å². The standard InChI is InChI=1S/C20H25N5O3S2/c1-12(2)9-24-11-16(13(3)23-24)30(27,28)25-8-6-14(10-25)17-15-5-4-7-22-20(15)29-18(17)19(21)26/h4-5,7,11-12,14H,6,8-10H2,1-3H3,(H2,21,26). The van der Waals surface area contributed by atoms with Crippen LogP contribution in [0.2, 0.25) is 0 Å². The molecule has 30 heavy (non-hydrogen) atoms. The van der Waals surface area contributed by atoms with Crippen LogP contribution in [0.3, 0.4) is 0 Å². The Bertz CT molecular complexity index is 1210. The molecule has 4 rings (SSSR count). The summed E-state index contributed by atoms with van der Waals surface area (Å²) in [7, 11) is -3.67. The summed E-state index contributed by atoms with van der Waals surface area (Å²) in [5.41, 5.74) is 6.94. The number of fused-ring (bicyclic) bond motifs is 1. The van der Waals surface area contributed by atoms with Crippen molar-refractivity contribution in [2.75, 3.05) is 13.1 Å². The topological polar surface area (TPSA) is 111 Å². The molecule has 0 saturated carbocycles. The lowest BCUT2D eigenvalue weighted by molar-refractivity contribution is 0.100. The molecule has 4 heterocycles. The van der Waals surface area contributed by atoms with E-state index in [1.807, 2.05) is 12.1 Å². The second-order valence-corrected chi connectivity index (χ2v) is 11.0. The molecule has 160 valence electrons. The average molecular weight is 448 g/mol. The number of pyridine rings is 1. The van der Waals surface area contributed by atoms with Gasteiger partial charge in [-0.2, -0.15) is 9.40 Å². The van der Waals surface area contributed by atoms with Crippen molar-refractivity contribution in [2.24, 2.45) is 11.7 Å². The van der Waals surface area contributed by atoms with E-state index in [0.29, 0.717) is 42.5 Å². The van der Waals surface area contributed by atoms with E-state index in [0.717, 1.165) is 15.8 Å². The normalized spacial score (nSPS) is 17.9. The third kappa shape index (κ3) is 3.63. The third-order valence-electron chi connectivity index (χ3n) is 5.36. The first-order valence-electron chi connectivity index (χ1n) is 9.90. The molecule has 0 bridgehead atoms. The van der Waals surface area contributed by atoms with Crippen LogP contribution >= 0.6 is 11.3 Å². The molecule has 3 aromatic rings. The van der Waals surface area contributed by atoms with Crippen LogP contribution in [0.1, 0.15) is 47.1 Å². The van der Waals surface area contributed by atoms with E-state index in [1.54, 1.807) is 24.0 Å². The first-order valence-corrected chi connectivity index (χ1v) is 12.2. The highest BCUT2D eigenvalue weighted by Crippen LogP contribution is 2.40. The maximum atomic E-state index is 13.3. The molecule has 1 amide bonds. The summed E-state index contributed by atoms with van der Waals surface area (Å²) in [6, 6.07) is 3.73. The summed E-state index contributed by atoms with van der Waals surface area (Å²) in [6.45, 7) is 7.20. The molecule has 0 radical (unpaired) electrons. The largest absolute Gasteiger partial charge is 0.365 e. The second kappa shape index (κ2) is 7.75. The highest BCUT2D eigenvalue weighted by molar-refractivity contribution is 7.89. The quantitative estimate of drug-likeness (QED) is 0.624. The summed E-state index contributed by atoms with van der Waals surface area (Å²) in [5.74, 6) is -0.241. The molecule has 8 nitrogen and oxygen atoms in total. The minimum atomic E-state index is -3.67. The number of carbonyl (C=O) groups is 1. The summed E-state index contributed by atoms with van der Waals surface area (Å²) >= 11 is 1.27. The van der Waals surface area contributed by atoms with Crippen molar-refractivity contribution in [3.05, 3.63) is 40.7 Å². The fourth-order valence-corrected chi connectivity index (χ4v) is 6.83. The van der Waals surface area contributed by atoms with Gasteiger partial charge in [0.05, 0.1) is 10.6 Å². The zero-order valence-corrected chi connectivity index (χ0v) is 18.8. The van der Waals surface area contributed by atoms with Crippen molar-refractivity contribution in [2.45, 2.75) is 44.6 Å². The maximum Gasteiger partial charge on any atom is 0.259 e. The fourth-order valence-electron chi connectivity index (χ4n) is 4.08. The van der Waals surface area contributed by atoms with E-state index < -0.39 is 15.9 Å². The molecule has 0 aliphatic carbocycles. The molecule has 2 N–H and O–H groups in total. The average Bonchev–Trinajstić information content (AvgIpc) is 3.37. The molecule has 0 spiro atoms. The van der Waals surface area contributed by atoms with Crippen LogP contribution in [0.25, 0.3) is 10.2 Å². The Labute approximate surface area is 179 Å². The van der Waals surface area contributed by atoms with Crippen molar-refractivity contribution in [1.82, 2.24) is 19.1 Å². The fraction of sp³-hybridized carbons (Fsp3) is 0.450. The number of aryl methyl sites for hydroxylation is 1. The lowest BCUT2D eigenvalue weighted by atomic mass is 9.96. The number of hydrogen-bond donors (Lipinski definition) is 1. The smallest absolute Gasteiger partial charge is 0.259 e. The molecule has 10 heteroatoms. The van der Waals surface area contributed by atoms with Gasteiger partial charge in [0.1, 0.15) is 9.73 Å². The van der Waals surface area contributed by atoms with Gasteiger partial charge in [-0.15, -0.1) is 11.3 Å². The van der Waals surface area contributed by atoms with Gasteiger partial charge in [-0.1, -0.05) is 19.9 Å². The number of carbonyl (C=O) groups excluding carboxylic acids is 1. The van der Waals surface area contributed by atoms with Crippen molar-refractivity contribution < 1.29 is 13.2 Å². The molecule has 1 unspecified atom stereocenters. The van der Waals surface area contributed by atoms with Gasteiger partial charge in [-0.3, -0.25) is 9.48 Å². The Balaban J connectivity index is 1.65. The minimum absolute atomic E-state index is 0.105. The molecule has 0 aromatic carbocycles. The number of primary amides is 1. The van der Waals surface area contributed by atoms with Crippen molar-refractivity contribution in [3.63, 3.8) is 0 Å². The van der Waals surface area contributed by atoms with Crippen LogP contribution in [0, 0.1) is 12.8 Å². The predicted octanol–water partition coefficient (Wildman–Crippen LogP) is 2.73. The maximum absolute atomic E-state index is 13.3. The van der Waals surface area contributed by atoms with E-state index in [-0.39, 0.29) is 10.8 Å². The molecular weight excluding hydrogens is 422 g/mol. The van der Waals surface area contributed by atoms with Crippen molar-refractivity contribution in [3.8, 4) is 0 Å². The highest BCUT2D eigenvalue weighted by atomic mass is 32.2. The van der Waals surface area contributed by atoms with E-state index in [4.69, 9.17) is 5.73 Å². The van der Waals surface area contributed by atoms with Gasteiger partial charge in [0.25, 0.3) is 5.91 Å². The third-order valence-corrected chi connectivity index (χ3v) is 8.47. The molecular formula is C20H25N5O3S2. The molecule has 3 aromatic heterocycles. The zero-order valence-electron chi connectivity index (χ0n) is 17.2. The number of thiophene rings is 1. The van der Waals surface area contributed by atoms with Gasteiger partial charge >= 0.3 is 0 Å². The number of rotatable bonds is 6. The Hall–Kier alpha value is -2.30. The Morgan fingerprint density at radius 1 is 1.40 bits per heavy atom. The summed E-state index contributed by atoms with van der Waals surface area (Å²) in [4.78, 5) is 17.8. The van der Waals surface area contributed by atoms with Gasteiger partial charge in [-0.05, 0) is 30.9 Å². The van der Waals surface area contributed by atoms with Gasteiger partial charge in [-0.25, -0.2) is 13.4 Å². The SMILES string of the molecule is Cc1nn(CC(C)C)cc1S(=O)(=O)N1CCC(c2c(C(N)=O)sc3ncccc23)C1. The number of sulfonamides is 1. The number of aromatic nitrogens is 3. The number of nitrogens with zero attached hydrogens (tertiary/aromatic N) is 4. The Morgan fingerprint density at radius 2 is 2.17 bits per heavy atom. The van der Waals surface area contributed by atoms with Gasteiger partial charge in [0.2, 0.25) is 10.0 Å². The summed E-state index contributed by atoms with van der Waals surface area (Å²) < 4.78 is 29.8. The monoisotopic (exact) mass is 447 g/mol. The first-order chi connectivity index (χ1) is 14.2. The molecule has 1 aliphatic rings. The molecule has 1 aliphatic heterocycles. The van der Waals surface area contributed by atoms with Crippen LogP contribution in [0.15, 0.2) is 29.4 Å². The van der Waals surface area contributed by atoms with E-state index >= 15 is 0 Å². The van der Waals surface area contributed by atoms with E-state index in [9.17, 15) is 13.2 Å². The zero-order chi connectivity index (χ0) is 21.6. The van der Waals surface area contributed by atoms with Crippen LogP contribution < -0.4 is 5.73 Å². The van der Waals surface area contributed by atoms with E-state index in [2.05, 4.69) is 23.9 Å². The molecule has 1 atom stereocenters. The number of amides is 1. The van der Waals surface area contributed by atoms with Crippen LogP contribution in [0.5, 0.6) is 0 Å². The summed E-state index contributed by atoms with van der Waals surface area (Å²) in [6.07, 6.45) is 3.92.